The maximum atomic E-state index is 5.65. The van der Waals surface area contributed by atoms with Gasteiger partial charge in [-0.3, -0.25) is 0 Å². The molecular formula is C11H10ClN5. The van der Waals surface area contributed by atoms with Gasteiger partial charge in [-0.15, -0.1) is 10.2 Å². The third-order valence-electron chi connectivity index (χ3n) is 1.94. The van der Waals surface area contributed by atoms with Gasteiger partial charge in [-0.05, 0) is 12.1 Å². The van der Waals surface area contributed by atoms with Crippen LogP contribution >= 0.6 is 11.6 Å². The normalized spacial score (nSPS) is 9.76. The molecule has 0 bridgehead atoms. The Morgan fingerprint density at radius 3 is 2.94 bits per heavy atom. The Bertz CT molecular complexity index is 549. The Morgan fingerprint density at radius 1 is 1.35 bits per heavy atom. The highest BCUT2D eigenvalue weighted by Crippen LogP contribution is 2.07. The molecule has 0 aliphatic carbocycles. The molecule has 6 heteroatoms. The molecule has 0 aromatic carbocycles. The standard InChI is InChI=1S/C11H10ClN5/c12-10-4-5-11(16-15-10)17-8-9(7-14-17)3-1-2-6-13/h4-5,7-8H,2,6,13H2. The summed E-state index contributed by atoms with van der Waals surface area (Å²) in [4.78, 5) is 0. The molecule has 0 atom stereocenters. The van der Waals surface area contributed by atoms with Gasteiger partial charge in [-0.25, -0.2) is 4.68 Å². The van der Waals surface area contributed by atoms with E-state index in [0.717, 1.165) is 5.56 Å². The van der Waals surface area contributed by atoms with E-state index >= 15 is 0 Å². The lowest BCUT2D eigenvalue weighted by molar-refractivity contribution is 0.814. The van der Waals surface area contributed by atoms with Crippen LogP contribution in [-0.2, 0) is 0 Å². The maximum Gasteiger partial charge on any atom is 0.175 e. The number of hydrogen-bond acceptors (Lipinski definition) is 4. The predicted octanol–water partition coefficient (Wildman–Crippen LogP) is 1.02. The van der Waals surface area contributed by atoms with Crippen molar-refractivity contribution < 1.29 is 0 Å². The van der Waals surface area contributed by atoms with Crippen molar-refractivity contribution in [3.05, 3.63) is 35.2 Å². The smallest absolute Gasteiger partial charge is 0.175 e. The van der Waals surface area contributed by atoms with E-state index in [1.807, 2.05) is 0 Å². The van der Waals surface area contributed by atoms with Crippen molar-refractivity contribution in [2.45, 2.75) is 6.42 Å². The minimum Gasteiger partial charge on any atom is -0.330 e. The zero-order valence-electron chi connectivity index (χ0n) is 8.97. The fourth-order valence-electron chi connectivity index (χ4n) is 1.18. The fourth-order valence-corrected chi connectivity index (χ4v) is 1.28. The summed E-state index contributed by atoms with van der Waals surface area (Å²) in [5.74, 6) is 6.50. The molecule has 2 aromatic heterocycles. The molecule has 0 spiro atoms. The van der Waals surface area contributed by atoms with E-state index in [4.69, 9.17) is 17.3 Å². The second-order valence-corrected chi connectivity index (χ2v) is 3.62. The summed E-state index contributed by atoms with van der Waals surface area (Å²) in [5.41, 5.74) is 6.16. The quantitative estimate of drug-likeness (QED) is 0.805. The van der Waals surface area contributed by atoms with Gasteiger partial charge in [0.1, 0.15) is 0 Å². The predicted molar refractivity (Wildman–Crippen MR) is 64.7 cm³/mol. The van der Waals surface area contributed by atoms with Crippen molar-refractivity contribution in [1.29, 1.82) is 0 Å². The molecule has 0 amide bonds. The molecule has 2 rings (SSSR count). The van der Waals surface area contributed by atoms with Crippen molar-refractivity contribution >= 4 is 11.6 Å². The molecule has 0 saturated heterocycles. The number of rotatable bonds is 2. The highest BCUT2D eigenvalue weighted by Gasteiger charge is 2.00. The Hall–Kier alpha value is -1.90. The first kappa shape index (κ1) is 11.6. The van der Waals surface area contributed by atoms with Crippen molar-refractivity contribution in [1.82, 2.24) is 20.0 Å². The third-order valence-corrected chi connectivity index (χ3v) is 2.14. The topological polar surface area (TPSA) is 69.6 Å². The van der Waals surface area contributed by atoms with Crippen LogP contribution in [0.2, 0.25) is 5.15 Å². The van der Waals surface area contributed by atoms with E-state index < -0.39 is 0 Å². The largest absolute Gasteiger partial charge is 0.330 e. The maximum absolute atomic E-state index is 5.65. The van der Waals surface area contributed by atoms with E-state index in [-0.39, 0.29) is 0 Å². The summed E-state index contributed by atoms with van der Waals surface area (Å²) in [6, 6.07) is 3.39. The van der Waals surface area contributed by atoms with Crippen LogP contribution in [0.5, 0.6) is 0 Å². The van der Waals surface area contributed by atoms with Crippen LogP contribution in [0.4, 0.5) is 0 Å². The Kier molecular flexibility index (Phi) is 3.70. The van der Waals surface area contributed by atoms with Crippen LogP contribution in [-0.4, -0.2) is 26.5 Å². The van der Waals surface area contributed by atoms with Crippen molar-refractivity contribution in [2.75, 3.05) is 6.54 Å². The van der Waals surface area contributed by atoms with Gasteiger partial charge in [-0.2, -0.15) is 5.10 Å². The van der Waals surface area contributed by atoms with Crippen molar-refractivity contribution in [2.24, 2.45) is 5.73 Å². The molecule has 2 N–H and O–H groups in total. The number of aromatic nitrogens is 4. The number of hydrogen-bond donors (Lipinski definition) is 1. The number of nitrogens with two attached hydrogens (primary N) is 1. The molecule has 17 heavy (non-hydrogen) atoms. The van der Waals surface area contributed by atoms with E-state index in [1.165, 1.54) is 0 Å². The molecule has 86 valence electrons. The lowest BCUT2D eigenvalue weighted by Crippen LogP contribution is -1.98. The van der Waals surface area contributed by atoms with Crippen molar-refractivity contribution in [3.8, 4) is 17.7 Å². The fraction of sp³-hybridized carbons (Fsp3) is 0.182. The van der Waals surface area contributed by atoms with E-state index in [1.54, 1.807) is 29.2 Å². The van der Waals surface area contributed by atoms with E-state index in [9.17, 15) is 0 Å². The summed E-state index contributed by atoms with van der Waals surface area (Å²) in [6.45, 7) is 0.559. The average Bonchev–Trinajstić information content (AvgIpc) is 2.79. The molecule has 5 nitrogen and oxygen atoms in total. The highest BCUT2D eigenvalue weighted by atomic mass is 35.5. The zero-order valence-corrected chi connectivity index (χ0v) is 9.72. The summed E-state index contributed by atoms with van der Waals surface area (Å²) in [5, 5.41) is 12.1. The zero-order chi connectivity index (χ0) is 12.1. The van der Waals surface area contributed by atoms with Gasteiger partial charge < -0.3 is 5.73 Å². The molecule has 2 aromatic rings. The summed E-state index contributed by atoms with van der Waals surface area (Å²) in [6.07, 6.45) is 4.12. The Morgan fingerprint density at radius 2 is 2.24 bits per heavy atom. The molecule has 2 heterocycles. The Labute approximate surface area is 104 Å². The molecular weight excluding hydrogens is 238 g/mol. The molecule has 0 fully saturated rings. The Balaban J connectivity index is 2.19. The van der Waals surface area contributed by atoms with Crippen LogP contribution in [0.3, 0.4) is 0 Å². The first-order chi connectivity index (χ1) is 8.29. The van der Waals surface area contributed by atoms with Gasteiger partial charge >= 0.3 is 0 Å². The van der Waals surface area contributed by atoms with Crippen LogP contribution in [0.25, 0.3) is 5.82 Å². The lowest BCUT2D eigenvalue weighted by Gasteiger charge is -1.96. The number of halogens is 1. The van der Waals surface area contributed by atoms with Gasteiger partial charge in [0.25, 0.3) is 0 Å². The first-order valence-corrected chi connectivity index (χ1v) is 5.40. The molecule has 0 aliphatic rings. The van der Waals surface area contributed by atoms with Gasteiger partial charge in [0, 0.05) is 19.2 Å². The summed E-state index contributed by atoms with van der Waals surface area (Å²) >= 11 is 5.65. The minimum absolute atomic E-state index is 0.351. The van der Waals surface area contributed by atoms with E-state index in [2.05, 4.69) is 27.1 Å². The molecule has 0 aliphatic heterocycles. The van der Waals surface area contributed by atoms with Crippen LogP contribution < -0.4 is 5.73 Å². The second-order valence-electron chi connectivity index (χ2n) is 3.23. The van der Waals surface area contributed by atoms with Gasteiger partial charge in [-0.1, -0.05) is 23.4 Å². The second kappa shape index (κ2) is 5.43. The highest BCUT2D eigenvalue weighted by molar-refractivity contribution is 6.29. The van der Waals surface area contributed by atoms with Gasteiger partial charge in [0.05, 0.1) is 11.8 Å². The minimum atomic E-state index is 0.351. The van der Waals surface area contributed by atoms with E-state index in [0.29, 0.717) is 23.9 Å². The lowest BCUT2D eigenvalue weighted by atomic mass is 10.3. The monoisotopic (exact) mass is 247 g/mol. The SMILES string of the molecule is NCCC#Cc1cnn(-c2ccc(Cl)nn2)c1. The molecule has 0 unspecified atom stereocenters. The van der Waals surface area contributed by atoms with Gasteiger partial charge in [0.2, 0.25) is 0 Å². The third kappa shape index (κ3) is 3.03. The van der Waals surface area contributed by atoms with Crippen LogP contribution in [0.15, 0.2) is 24.5 Å². The summed E-state index contributed by atoms with van der Waals surface area (Å²) < 4.78 is 1.59. The average molecular weight is 248 g/mol. The molecule has 0 saturated carbocycles. The van der Waals surface area contributed by atoms with Crippen molar-refractivity contribution in [3.63, 3.8) is 0 Å². The van der Waals surface area contributed by atoms with Crippen LogP contribution in [0.1, 0.15) is 12.0 Å². The first-order valence-electron chi connectivity index (χ1n) is 5.03. The number of nitrogens with zero attached hydrogens (tertiary/aromatic N) is 4. The van der Waals surface area contributed by atoms with Crippen LogP contribution in [0, 0.1) is 11.8 Å². The van der Waals surface area contributed by atoms with Gasteiger partial charge in [0.15, 0.2) is 11.0 Å². The summed E-state index contributed by atoms with van der Waals surface area (Å²) in [7, 11) is 0. The molecule has 0 radical (unpaired) electrons.